The van der Waals surface area contributed by atoms with Gasteiger partial charge in [0.25, 0.3) is 0 Å². The summed E-state index contributed by atoms with van der Waals surface area (Å²) in [4.78, 5) is 3.77. The molecule has 2 heteroatoms. The third-order valence-corrected chi connectivity index (χ3v) is 8.65. The zero-order chi connectivity index (χ0) is 23.6. The number of fused-ring (bicyclic) bond motifs is 10. The van der Waals surface area contributed by atoms with Crippen LogP contribution in [0.3, 0.4) is 0 Å². The summed E-state index contributed by atoms with van der Waals surface area (Å²) in [5, 5.41) is 7.94. The highest BCUT2D eigenvalue weighted by Crippen LogP contribution is 2.48. The van der Waals surface area contributed by atoms with E-state index in [0.717, 1.165) is 0 Å². The van der Waals surface area contributed by atoms with E-state index in [9.17, 15) is 0 Å². The van der Waals surface area contributed by atoms with Crippen LogP contribution in [-0.4, -0.2) is 4.98 Å². The molecule has 2 heterocycles. The summed E-state index contributed by atoms with van der Waals surface area (Å²) in [6.45, 7) is 0. The number of para-hydroxylation sites is 1. The van der Waals surface area contributed by atoms with E-state index in [0.29, 0.717) is 0 Å². The van der Waals surface area contributed by atoms with Crippen molar-refractivity contribution in [3.8, 4) is 22.3 Å². The van der Waals surface area contributed by atoms with Crippen LogP contribution in [0.2, 0.25) is 0 Å². The number of aromatic nitrogens is 1. The van der Waals surface area contributed by atoms with E-state index in [4.69, 9.17) is 0 Å². The summed E-state index contributed by atoms with van der Waals surface area (Å²) in [5.74, 6) is 0. The highest BCUT2D eigenvalue weighted by atomic mass is 32.1. The fraction of sp³-hybridized carbons (Fsp3) is 0. The molecule has 0 aliphatic heterocycles. The van der Waals surface area contributed by atoms with E-state index >= 15 is 0 Å². The van der Waals surface area contributed by atoms with Crippen LogP contribution < -0.4 is 0 Å². The number of hydrogen-bond donors (Lipinski definition) is 1. The molecule has 0 saturated carbocycles. The van der Waals surface area contributed by atoms with Crippen LogP contribution in [0.15, 0.2) is 121 Å². The minimum atomic E-state index is 1.19. The van der Waals surface area contributed by atoms with Gasteiger partial charge < -0.3 is 4.98 Å². The van der Waals surface area contributed by atoms with Crippen molar-refractivity contribution in [2.45, 2.75) is 0 Å². The first kappa shape index (κ1) is 19.9. The van der Waals surface area contributed by atoms with Gasteiger partial charge in [0.1, 0.15) is 0 Å². The van der Waals surface area contributed by atoms with E-state index < -0.39 is 0 Å². The lowest BCUT2D eigenvalue weighted by Crippen LogP contribution is -1.82. The van der Waals surface area contributed by atoms with Crippen LogP contribution >= 0.6 is 11.3 Å². The van der Waals surface area contributed by atoms with Crippen molar-refractivity contribution in [2.75, 3.05) is 0 Å². The molecule has 0 unspecified atom stereocenters. The molecule has 1 N–H and O–H groups in total. The smallest absolute Gasteiger partial charge is 0.0653 e. The van der Waals surface area contributed by atoms with Crippen molar-refractivity contribution in [1.29, 1.82) is 0 Å². The van der Waals surface area contributed by atoms with E-state index in [-0.39, 0.29) is 0 Å². The third-order valence-electron chi connectivity index (χ3n) is 7.40. The SMILES string of the molecule is c1ccc(-c2cccc(-c3cccc4c3sc3c5[nH]c6ccccc6c5c5ccccc5c43)c2)cc1. The van der Waals surface area contributed by atoms with Crippen LogP contribution in [-0.2, 0) is 0 Å². The average Bonchev–Trinajstić information content (AvgIpc) is 3.53. The maximum Gasteiger partial charge on any atom is 0.0653 e. The van der Waals surface area contributed by atoms with Gasteiger partial charge in [-0.25, -0.2) is 0 Å². The van der Waals surface area contributed by atoms with Crippen molar-refractivity contribution < 1.29 is 0 Å². The van der Waals surface area contributed by atoms with Crippen LogP contribution in [0.1, 0.15) is 0 Å². The van der Waals surface area contributed by atoms with E-state index in [1.807, 2.05) is 11.3 Å². The maximum absolute atomic E-state index is 3.77. The van der Waals surface area contributed by atoms with Gasteiger partial charge >= 0.3 is 0 Å². The lowest BCUT2D eigenvalue weighted by molar-refractivity contribution is 1.57. The molecule has 0 bridgehead atoms. The van der Waals surface area contributed by atoms with E-state index in [1.165, 1.54) is 75.0 Å². The van der Waals surface area contributed by atoms with Crippen molar-refractivity contribution >= 4 is 64.1 Å². The highest BCUT2D eigenvalue weighted by molar-refractivity contribution is 7.27. The molecular weight excluding hydrogens is 454 g/mol. The first-order valence-electron chi connectivity index (χ1n) is 12.3. The number of thiophene rings is 1. The zero-order valence-corrected chi connectivity index (χ0v) is 20.3. The minimum Gasteiger partial charge on any atom is -0.353 e. The molecule has 0 saturated heterocycles. The van der Waals surface area contributed by atoms with Crippen molar-refractivity contribution in [3.05, 3.63) is 121 Å². The summed E-state index contributed by atoms with van der Waals surface area (Å²) in [6.07, 6.45) is 0. The Balaban J connectivity index is 1.49. The van der Waals surface area contributed by atoms with Gasteiger partial charge in [0, 0.05) is 31.8 Å². The van der Waals surface area contributed by atoms with Crippen LogP contribution in [0.5, 0.6) is 0 Å². The van der Waals surface area contributed by atoms with Gasteiger partial charge in [0.05, 0.1) is 10.2 Å². The summed E-state index contributed by atoms with van der Waals surface area (Å²) in [5.41, 5.74) is 7.47. The molecule has 8 aromatic rings. The van der Waals surface area contributed by atoms with Crippen LogP contribution in [0.25, 0.3) is 75.0 Å². The number of H-pyrrole nitrogens is 1. The molecule has 0 fully saturated rings. The number of aromatic amines is 1. The Morgan fingerprint density at radius 3 is 1.94 bits per heavy atom. The summed E-state index contributed by atoms with van der Waals surface area (Å²) in [7, 11) is 0. The highest BCUT2D eigenvalue weighted by Gasteiger charge is 2.19. The van der Waals surface area contributed by atoms with Gasteiger partial charge in [-0.2, -0.15) is 0 Å². The van der Waals surface area contributed by atoms with Gasteiger partial charge in [0.15, 0.2) is 0 Å². The second-order valence-corrected chi connectivity index (χ2v) is 10.4. The molecule has 0 aliphatic rings. The maximum atomic E-state index is 3.77. The molecule has 6 aromatic carbocycles. The number of benzene rings is 6. The quantitative estimate of drug-likeness (QED) is 0.256. The lowest BCUT2D eigenvalue weighted by atomic mass is 9.96. The molecule has 0 amide bonds. The van der Waals surface area contributed by atoms with Crippen LogP contribution in [0.4, 0.5) is 0 Å². The topological polar surface area (TPSA) is 15.8 Å². The second kappa shape index (κ2) is 7.55. The van der Waals surface area contributed by atoms with E-state index in [2.05, 4.69) is 126 Å². The Morgan fingerprint density at radius 2 is 1.08 bits per heavy atom. The molecule has 8 rings (SSSR count). The molecule has 168 valence electrons. The minimum absolute atomic E-state index is 1.19. The van der Waals surface area contributed by atoms with Gasteiger partial charge in [-0.15, -0.1) is 11.3 Å². The Morgan fingerprint density at radius 1 is 0.444 bits per heavy atom. The van der Waals surface area contributed by atoms with Gasteiger partial charge in [-0.3, -0.25) is 0 Å². The molecule has 0 radical (unpaired) electrons. The van der Waals surface area contributed by atoms with Gasteiger partial charge in [0.2, 0.25) is 0 Å². The Bertz CT molecular complexity index is 2090. The predicted molar refractivity (Wildman–Crippen MR) is 157 cm³/mol. The summed E-state index contributed by atoms with van der Waals surface area (Å²) in [6, 6.07) is 43.9. The van der Waals surface area contributed by atoms with Gasteiger partial charge in [-0.1, -0.05) is 109 Å². The zero-order valence-electron chi connectivity index (χ0n) is 19.5. The number of rotatable bonds is 2. The van der Waals surface area contributed by atoms with Crippen molar-refractivity contribution in [3.63, 3.8) is 0 Å². The molecule has 1 nitrogen and oxygen atoms in total. The number of hydrogen-bond acceptors (Lipinski definition) is 1. The first-order valence-corrected chi connectivity index (χ1v) is 13.1. The van der Waals surface area contributed by atoms with Crippen LogP contribution in [0, 0.1) is 0 Å². The lowest BCUT2D eigenvalue weighted by Gasteiger charge is -2.07. The predicted octanol–water partition coefficient (Wildman–Crippen LogP) is 10.2. The summed E-state index contributed by atoms with van der Waals surface area (Å²) < 4.78 is 2.68. The molecule has 0 spiro atoms. The fourth-order valence-electron chi connectivity index (χ4n) is 5.80. The molecular formula is C34H21NS. The largest absolute Gasteiger partial charge is 0.353 e. The Labute approximate surface area is 212 Å². The van der Waals surface area contributed by atoms with Crippen molar-refractivity contribution in [2.24, 2.45) is 0 Å². The van der Waals surface area contributed by atoms with Gasteiger partial charge in [-0.05, 0) is 45.2 Å². The molecule has 0 atom stereocenters. The van der Waals surface area contributed by atoms with Crippen molar-refractivity contribution in [1.82, 2.24) is 4.98 Å². The average molecular weight is 476 g/mol. The fourth-order valence-corrected chi connectivity index (χ4v) is 7.16. The van der Waals surface area contributed by atoms with E-state index in [1.54, 1.807) is 0 Å². The number of nitrogens with one attached hydrogen (secondary N) is 1. The molecule has 36 heavy (non-hydrogen) atoms. The second-order valence-electron chi connectivity index (χ2n) is 9.40. The molecule has 0 aliphatic carbocycles. The summed E-state index contributed by atoms with van der Waals surface area (Å²) >= 11 is 1.91. The monoisotopic (exact) mass is 475 g/mol. The molecule has 2 aromatic heterocycles. The Kier molecular flexibility index (Phi) is 4.16. The first-order chi connectivity index (χ1) is 17.9. The third kappa shape index (κ3) is 2.76. The standard InChI is InChI=1S/C34H21NS/c1-2-10-21(11-3-1)22-12-8-13-23(20-22)24-17-9-18-28-31-26-15-5-4-14-25(26)30-27-16-6-7-19-29(27)35-32(30)34(31)36-33(24)28/h1-20,35H. The normalized spacial score (nSPS) is 11.9. The Hall–Kier alpha value is -4.40.